The van der Waals surface area contributed by atoms with Crippen LogP contribution in [0.3, 0.4) is 0 Å². The van der Waals surface area contributed by atoms with Crippen molar-refractivity contribution < 1.29 is 14.1 Å². The van der Waals surface area contributed by atoms with E-state index in [4.69, 9.17) is 14.3 Å². The van der Waals surface area contributed by atoms with Crippen molar-refractivity contribution in [2.45, 2.75) is 13.8 Å². The molecule has 6 heteroatoms. The first-order valence-electron chi connectivity index (χ1n) is 11.9. The summed E-state index contributed by atoms with van der Waals surface area (Å²) in [6.45, 7) is 3.84. The van der Waals surface area contributed by atoms with Crippen molar-refractivity contribution in [3.63, 3.8) is 0 Å². The fourth-order valence-corrected chi connectivity index (χ4v) is 10.5. The molecule has 0 saturated heterocycles. The Labute approximate surface area is 220 Å². The molecule has 0 aliphatic rings. The topological polar surface area (TPSA) is 47.9 Å². The van der Waals surface area contributed by atoms with Crippen LogP contribution in [-0.4, -0.2) is 18.5 Å². The van der Waals surface area contributed by atoms with Crippen LogP contribution >= 0.6 is 21.0 Å². The van der Waals surface area contributed by atoms with Crippen LogP contribution in [0.1, 0.15) is 13.8 Å². The summed E-state index contributed by atoms with van der Waals surface area (Å²) in [6, 6.07) is 39.8. The molecule has 4 rings (SSSR count). The van der Waals surface area contributed by atoms with E-state index in [0.717, 1.165) is 15.9 Å². The monoisotopic (exact) mass is 561 g/mol. The van der Waals surface area contributed by atoms with Gasteiger partial charge in [0.25, 0.3) is 0 Å². The summed E-state index contributed by atoms with van der Waals surface area (Å²) in [4.78, 5) is 17.9. The third kappa shape index (κ3) is 5.00. The first-order chi connectivity index (χ1) is 17.5. The first kappa shape index (κ1) is 25.8. The van der Waals surface area contributed by atoms with Crippen LogP contribution in [0.15, 0.2) is 126 Å². The molecule has 4 aromatic rings. The number of hydrogen-bond acceptors (Lipinski definition) is 4. The molecule has 0 radical (unpaired) electrons. The predicted octanol–water partition coefficient (Wildman–Crippen LogP) is 6.69. The van der Waals surface area contributed by atoms with E-state index in [1.54, 1.807) is 13.8 Å². The fraction of sp³-hybridized carbons (Fsp3) is 0.133. The van der Waals surface area contributed by atoms with Gasteiger partial charge >= 0.3 is 221 Å². The summed E-state index contributed by atoms with van der Waals surface area (Å²) < 4.78 is 12.6. The molecule has 0 spiro atoms. The summed E-state index contributed by atoms with van der Waals surface area (Å²) in [5.41, 5.74) is -3.13. The second-order valence-electron chi connectivity index (χ2n) is 8.29. The molecule has 0 aliphatic carbocycles. The van der Waals surface area contributed by atoms with Gasteiger partial charge in [0.15, 0.2) is 0 Å². The molecule has 0 fully saturated rings. The minimum atomic E-state index is -3.82. The Morgan fingerprint density at radius 1 is 0.750 bits per heavy atom. The predicted molar refractivity (Wildman–Crippen MR) is 154 cm³/mol. The number of aliphatic imine (C=N–C) groups is 1. The molecule has 0 saturated carbocycles. The van der Waals surface area contributed by atoms with Crippen LogP contribution in [0, 0.1) is 5.92 Å². The quantitative estimate of drug-likeness (QED) is 0.104. The second kappa shape index (κ2) is 11.2. The summed E-state index contributed by atoms with van der Waals surface area (Å²) in [5, 5.41) is 2.87. The SMILES string of the molecule is CCOC(=O)C(C)C(=Nc1ccccc1)OP(Br)(c1ccccc1)(c1ccccc1)c1ccccc1. The molecule has 1 atom stereocenters. The van der Waals surface area contributed by atoms with Crippen molar-refractivity contribution >= 4 is 54.5 Å². The zero-order chi connectivity index (χ0) is 25.5. The van der Waals surface area contributed by atoms with Gasteiger partial charge in [-0.3, -0.25) is 0 Å². The van der Waals surface area contributed by atoms with Crippen molar-refractivity contribution in [1.82, 2.24) is 0 Å². The number of halogens is 1. The molecule has 0 aromatic heterocycles. The second-order valence-corrected chi connectivity index (χ2v) is 15.9. The van der Waals surface area contributed by atoms with Crippen LogP contribution in [0.2, 0.25) is 0 Å². The molecule has 1 unspecified atom stereocenters. The van der Waals surface area contributed by atoms with E-state index >= 15 is 0 Å². The number of rotatable bonds is 8. The Hall–Kier alpha value is -3.27. The first-order valence-corrected chi connectivity index (χ1v) is 16.0. The molecule has 4 nitrogen and oxygen atoms in total. The van der Waals surface area contributed by atoms with Gasteiger partial charge in [-0.25, -0.2) is 0 Å². The molecule has 0 heterocycles. The Morgan fingerprint density at radius 3 is 1.53 bits per heavy atom. The van der Waals surface area contributed by atoms with Gasteiger partial charge in [-0.1, -0.05) is 0 Å². The Kier molecular flexibility index (Phi) is 8.03. The summed E-state index contributed by atoms with van der Waals surface area (Å²) in [7, 11) is 0. The molecule has 0 aliphatic heterocycles. The number of hydrogen-bond donors (Lipinski definition) is 0. The van der Waals surface area contributed by atoms with E-state index in [1.807, 2.05) is 84.9 Å². The summed E-state index contributed by atoms with van der Waals surface area (Å²) >= 11 is 4.26. The number of benzene rings is 4. The van der Waals surface area contributed by atoms with Crippen LogP contribution in [0.5, 0.6) is 0 Å². The molecule has 36 heavy (non-hydrogen) atoms. The standard InChI is InChI=1S/C30H29BrNO3P/c1-3-34-30(33)24(2)29(32-25-16-8-4-9-17-25)35-36(31,26-18-10-5-11-19-26,27-20-12-6-13-21-27)28-22-14-7-15-23-28/h4-24H,3H2,1-2H3. The summed E-state index contributed by atoms with van der Waals surface area (Å²) in [6.07, 6.45) is 0. The number of esters is 1. The zero-order valence-corrected chi connectivity index (χ0v) is 22.8. The van der Waals surface area contributed by atoms with E-state index < -0.39 is 11.5 Å². The van der Waals surface area contributed by atoms with Gasteiger partial charge in [0, 0.05) is 0 Å². The molecule has 0 bridgehead atoms. The number of carbonyl (C=O) groups is 1. The van der Waals surface area contributed by atoms with Crippen molar-refractivity contribution in [2.24, 2.45) is 10.9 Å². The molecule has 0 amide bonds. The van der Waals surface area contributed by atoms with Gasteiger partial charge < -0.3 is 0 Å². The number of para-hydroxylation sites is 1. The minimum absolute atomic E-state index is 0.274. The zero-order valence-electron chi connectivity index (χ0n) is 20.3. The Balaban J connectivity index is 2.04. The van der Waals surface area contributed by atoms with Crippen molar-refractivity contribution in [1.29, 1.82) is 0 Å². The van der Waals surface area contributed by atoms with Crippen molar-refractivity contribution in [3.05, 3.63) is 121 Å². The third-order valence-electron chi connectivity index (χ3n) is 5.92. The van der Waals surface area contributed by atoms with Gasteiger partial charge in [-0.2, -0.15) is 0 Å². The van der Waals surface area contributed by atoms with Crippen LogP contribution in [0.25, 0.3) is 0 Å². The Bertz CT molecular complexity index is 1220. The van der Waals surface area contributed by atoms with Crippen molar-refractivity contribution in [2.75, 3.05) is 6.61 Å². The van der Waals surface area contributed by atoms with E-state index in [0.29, 0.717) is 5.69 Å². The van der Waals surface area contributed by atoms with Crippen molar-refractivity contribution in [3.8, 4) is 0 Å². The van der Waals surface area contributed by atoms with Crippen LogP contribution in [0.4, 0.5) is 5.69 Å². The number of carbonyl (C=O) groups excluding carboxylic acids is 1. The van der Waals surface area contributed by atoms with Gasteiger partial charge in [0.2, 0.25) is 0 Å². The van der Waals surface area contributed by atoms with Gasteiger partial charge in [-0.05, 0) is 0 Å². The molecule has 0 N–H and O–H groups in total. The summed E-state index contributed by atoms with van der Waals surface area (Å²) in [5.74, 6) is -0.843. The van der Waals surface area contributed by atoms with E-state index in [-0.39, 0.29) is 18.5 Å². The normalized spacial score (nSPS) is 13.8. The average molecular weight is 562 g/mol. The van der Waals surface area contributed by atoms with E-state index in [2.05, 4.69) is 51.9 Å². The van der Waals surface area contributed by atoms with Crippen LogP contribution in [-0.2, 0) is 14.1 Å². The number of ether oxygens (including phenoxy) is 1. The Morgan fingerprint density at radius 2 is 1.14 bits per heavy atom. The van der Waals surface area contributed by atoms with Gasteiger partial charge in [-0.15, -0.1) is 0 Å². The van der Waals surface area contributed by atoms with Crippen LogP contribution < -0.4 is 15.9 Å². The van der Waals surface area contributed by atoms with Gasteiger partial charge in [0.1, 0.15) is 0 Å². The average Bonchev–Trinajstić information content (AvgIpc) is 2.94. The third-order valence-corrected chi connectivity index (χ3v) is 14.2. The maximum absolute atomic E-state index is 13.0. The maximum atomic E-state index is 13.0. The molecule has 184 valence electrons. The van der Waals surface area contributed by atoms with Gasteiger partial charge in [0.05, 0.1) is 0 Å². The van der Waals surface area contributed by atoms with E-state index in [9.17, 15) is 4.79 Å². The fourth-order valence-electron chi connectivity index (χ4n) is 4.06. The van der Waals surface area contributed by atoms with E-state index in [1.165, 1.54) is 0 Å². The molecule has 4 aromatic carbocycles. The number of nitrogens with zero attached hydrogens (tertiary/aromatic N) is 1. The molecular formula is C30H29BrNO3P. The molecular weight excluding hydrogens is 533 g/mol.